The second-order valence-electron chi connectivity index (χ2n) is 5.75. The predicted octanol–water partition coefficient (Wildman–Crippen LogP) is 2.36. The lowest BCUT2D eigenvalue weighted by molar-refractivity contribution is 0.0926. The van der Waals surface area contributed by atoms with Crippen molar-refractivity contribution in [3.63, 3.8) is 0 Å². The van der Waals surface area contributed by atoms with Gasteiger partial charge in [-0.25, -0.2) is 0 Å². The van der Waals surface area contributed by atoms with Crippen LogP contribution in [0, 0.1) is 5.41 Å². The van der Waals surface area contributed by atoms with Crippen molar-refractivity contribution in [2.45, 2.75) is 13.8 Å². The molecule has 0 aliphatic carbocycles. The van der Waals surface area contributed by atoms with Crippen molar-refractivity contribution in [2.24, 2.45) is 5.41 Å². The molecule has 0 saturated carbocycles. The van der Waals surface area contributed by atoms with E-state index in [9.17, 15) is 9.90 Å². The molecule has 0 atom stereocenters. The minimum absolute atomic E-state index is 0.0405. The molecule has 0 heterocycles. The molecule has 5 heteroatoms. The van der Waals surface area contributed by atoms with Gasteiger partial charge in [-0.3, -0.25) is 4.79 Å². The Kier molecular flexibility index (Phi) is 5.20. The lowest BCUT2D eigenvalue weighted by atomic mass is 9.93. The molecule has 0 unspecified atom stereocenters. The SMILES string of the molecule is CN(C)CC(C)(C)CNC(=O)c1ccc(Cl)cc1O. The molecule has 1 aromatic carbocycles. The van der Waals surface area contributed by atoms with E-state index in [0.29, 0.717) is 11.6 Å². The molecule has 0 aliphatic heterocycles. The summed E-state index contributed by atoms with van der Waals surface area (Å²) in [6, 6.07) is 4.47. The molecule has 2 N–H and O–H groups in total. The molecule has 0 radical (unpaired) electrons. The van der Waals surface area contributed by atoms with Crippen LogP contribution in [0.5, 0.6) is 5.75 Å². The van der Waals surface area contributed by atoms with Gasteiger partial charge in [0.15, 0.2) is 0 Å². The Labute approximate surface area is 119 Å². The van der Waals surface area contributed by atoms with Crippen LogP contribution in [0.3, 0.4) is 0 Å². The van der Waals surface area contributed by atoms with Gasteiger partial charge < -0.3 is 15.3 Å². The highest BCUT2D eigenvalue weighted by atomic mass is 35.5. The van der Waals surface area contributed by atoms with Gasteiger partial charge in [-0.2, -0.15) is 0 Å². The van der Waals surface area contributed by atoms with Crippen LogP contribution in [0.2, 0.25) is 5.02 Å². The van der Waals surface area contributed by atoms with E-state index >= 15 is 0 Å². The molecule has 1 aromatic rings. The molecular weight excluding hydrogens is 264 g/mol. The van der Waals surface area contributed by atoms with Gasteiger partial charge in [0.1, 0.15) is 5.75 Å². The van der Waals surface area contributed by atoms with E-state index in [1.165, 1.54) is 12.1 Å². The summed E-state index contributed by atoms with van der Waals surface area (Å²) in [5.41, 5.74) is 0.200. The molecule has 4 nitrogen and oxygen atoms in total. The predicted molar refractivity (Wildman–Crippen MR) is 77.8 cm³/mol. The van der Waals surface area contributed by atoms with E-state index in [1.807, 2.05) is 14.1 Å². The second kappa shape index (κ2) is 6.26. The normalized spacial score (nSPS) is 11.7. The minimum Gasteiger partial charge on any atom is -0.507 e. The Balaban J connectivity index is 2.65. The van der Waals surface area contributed by atoms with E-state index in [0.717, 1.165) is 6.54 Å². The minimum atomic E-state index is -0.291. The summed E-state index contributed by atoms with van der Waals surface area (Å²) in [5, 5.41) is 12.9. The lowest BCUT2D eigenvalue weighted by Crippen LogP contribution is -2.39. The molecular formula is C14H21ClN2O2. The molecule has 0 saturated heterocycles. The van der Waals surface area contributed by atoms with E-state index in [4.69, 9.17) is 11.6 Å². The maximum atomic E-state index is 12.0. The molecule has 0 aliphatic rings. The number of halogens is 1. The topological polar surface area (TPSA) is 52.6 Å². The van der Waals surface area contributed by atoms with Gasteiger partial charge in [0.2, 0.25) is 0 Å². The summed E-state index contributed by atoms with van der Waals surface area (Å²) in [6.45, 7) is 5.55. The Morgan fingerprint density at radius 1 is 1.42 bits per heavy atom. The summed E-state index contributed by atoms with van der Waals surface area (Å²) in [7, 11) is 3.99. The molecule has 0 spiro atoms. The van der Waals surface area contributed by atoms with Crippen LogP contribution >= 0.6 is 11.6 Å². The van der Waals surface area contributed by atoms with Gasteiger partial charge in [-0.15, -0.1) is 0 Å². The fourth-order valence-corrected chi connectivity index (χ4v) is 2.19. The van der Waals surface area contributed by atoms with Crippen molar-refractivity contribution in [2.75, 3.05) is 27.2 Å². The van der Waals surface area contributed by atoms with Gasteiger partial charge in [-0.1, -0.05) is 25.4 Å². The highest BCUT2D eigenvalue weighted by Crippen LogP contribution is 2.22. The van der Waals surface area contributed by atoms with Crippen molar-refractivity contribution >= 4 is 17.5 Å². The summed E-state index contributed by atoms with van der Waals surface area (Å²) in [6.07, 6.45) is 0. The number of aromatic hydroxyl groups is 1. The molecule has 0 fully saturated rings. The second-order valence-corrected chi connectivity index (χ2v) is 6.18. The number of hydrogen-bond acceptors (Lipinski definition) is 3. The Hall–Kier alpha value is -1.26. The zero-order valence-corrected chi connectivity index (χ0v) is 12.6. The van der Waals surface area contributed by atoms with Crippen molar-refractivity contribution < 1.29 is 9.90 Å². The summed E-state index contributed by atoms with van der Waals surface area (Å²) in [5.74, 6) is -0.392. The third-order valence-corrected chi connectivity index (χ3v) is 2.91. The number of benzene rings is 1. The van der Waals surface area contributed by atoms with Crippen LogP contribution < -0.4 is 5.32 Å². The van der Waals surface area contributed by atoms with Gasteiger partial charge >= 0.3 is 0 Å². The largest absolute Gasteiger partial charge is 0.507 e. The van der Waals surface area contributed by atoms with Gasteiger partial charge in [0.25, 0.3) is 5.91 Å². The van der Waals surface area contributed by atoms with Crippen molar-refractivity contribution in [3.8, 4) is 5.75 Å². The van der Waals surface area contributed by atoms with Crippen molar-refractivity contribution in [3.05, 3.63) is 28.8 Å². The summed E-state index contributed by atoms with van der Waals surface area (Å²) >= 11 is 5.73. The van der Waals surface area contributed by atoms with Crippen LogP contribution in [0.1, 0.15) is 24.2 Å². The third kappa shape index (κ3) is 5.09. The van der Waals surface area contributed by atoms with Gasteiger partial charge in [0.05, 0.1) is 5.56 Å². The molecule has 0 aromatic heterocycles. The first-order valence-electron chi connectivity index (χ1n) is 6.13. The van der Waals surface area contributed by atoms with Crippen molar-refractivity contribution in [1.82, 2.24) is 10.2 Å². The Morgan fingerprint density at radius 3 is 2.58 bits per heavy atom. The number of amides is 1. The quantitative estimate of drug-likeness (QED) is 0.873. The van der Waals surface area contributed by atoms with E-state index in [1.54, 1.807) is 6.07 Å². The molecule has 1 amide bonds. The Bertz CT molecular complexity index is 459. The number of hydrogen-bond donors (Lipinski definition) is 2. The zero-order valence-electron chi connectivity index (χ0n) is 11.8. The maximum absolute atomic E-state index is 12.0. The summed E-state index contributed by atoms with van der Waals surface area (Å²) < 4.78 is 0. The average molecular weight is 285 g/mol. The zero-order chi connectivity index (χ0) is 14.6. The first-order valence-corrected chi connectivity index (χ1v) is 6.50. The number of nitrogens with one attached hydrogen (secondary N) is 1. The van der Waals surface area contributed by atoms with Crippen LogP contribution in [0.15, 0.2) is 18.2 Å². The monoisotopic (exact) mass is 284 g/mol. The smallest absolute Gasteiger partial charge is 0.255 e. The van der Waals surface area contributed by atoms with E-state index in [-0.39, 0.29) is 22.6 Å². The number of nitrogens with zero attached hydrogens (tertiary/aromatic N) is 1. The number of carbonyl (C=O) groups excluding carboxylic acids is 1. The molecule has 19 heavy (non-hydrogen) atoms. The van der Waals surface area contributed by atoms with Crippen LogP contribution in [0.4, 0.5) is 0 Å². The summed E-state index contributed by atoms with van der Waals surface area (Å²) in [4.78, 5) is 14.1. The standard InChI is InChI=1S/C14H21ClN2O2/c1-14(2,9-17(3)4)8-16-13(19)11-6-5-10(15)7-12(11)18/h5-7,18H,8-9H2,1-4H3,(H,16,19). The van der Waals surface area contributed by atoms with Gasteiger partial charge in [0, 0.05) is 18.1 Å². The van der Waals surface area contributed by atoms with Crippen LogP contribution in [-0.4, -0.2) is 43.1 Å². The lowest BCUT2D eigenvalue weighted by Gasteiger charge is -2.28. The fraction of sp³-hybridized carbons (Fsp3) is 0.500. The van der Waals surface area contributed by atoms with Crippen LogP contribution in [-0.2, 0) is 0 Å². The Morgan fingerprint density at radius 2 is 2.05 bits per heavy atom. The first-order chi connectivity index (χ1) is 8.71. The van der Waals surface area contributed by atoms with E-state index < -0.39 is 0 Å². The van der Waals surface area contributed by atoms with E-state index in [2.05, 4.69) is 24.1 Å². The van der Waals surface area contributed by atoms with Crippen LogP contribution in [0.25, 0.3) is 0 Å². The molecule has 1 rings (SSSR count). The molecule has 106 valence electrons. The molecule has 0 bridgehead atoms. The highest BCUT2D eigenvalue weighted by Gasteiger charge is 2.21. The third-order valence-electron chi connectivity index (χ3n) is 2.68. The maximum Gasteiger partial charge on any atom is 0.255 e. The number of phenolic OH excluding ortho intramolecular Hbond substituents is 1. The average Bonchev–Trinajstić information content (AvgIpc) is 2.24. The number of rotatable bonds is 5. The van der Waals surface area contributed by atoms with Crippen molar-refractivity contribution in [1.29, 1.82) is 0 Å². The van der Waals surface area contributed by atoms with Gasteiger partial charge in [-0.05, 0) is 37.7 Å². The number of phenols is 1. The fourth-order valence-electron chi connectivity index (χ4n) is 2.02. The first kappa shape index (κ1) is 15.8. The number of carbonyl (C=O) groups is 1. The highest BCUT2D eigenvalue weighted by molar-refractivity contribution is 6.30.